The van der Waals surface area contributed by atoms with Gasteiger partial charge >= 0.3 is 5.97 Å². The summed E-state index contributed by atoms with van der Waals surface area (Å²) in [6.45, 7) is 0. The fourth-order valence-corrected chi connectivity index (χ4v) is 3.86. The Morgan fingerprint density at radius 1 is 1.14 bits per heavy atom. The van der Waals surface area contributed by atoms with E-state index in [2.05, 4.69) is 19.7 Å². The summed E-state index contributed by atoms with van der Waals surface area (Å²) in [5.41, 5.74) is 0.692. The molecule has 3 rings (SSSR count). The smallest absolute Gasteiger partial charge is 0.306 e. The monoisotopic (exact) mass is 420 g/mol. The Morgan fingerprint density at radius 3 is 2.50 bits per heavy atom. The van der Waals surface area contributed by atoms with E-state index in [9.17, 15) is 4.79 Å². The van der Waals surface area contributed by atoms with E-state index in [1.165, 1.54) is 19.1 Å². The van der Waals surface area contributed by atoms with Crippen LogP contribution in [-0.4, -0.2) is 47.8 Å². The molecule has 0 fully saturated rings. The van der Waals surface area contributed by atoms with E-state index in [1.807, 2.05) is 40.3 Å². The van der Waals surface area contributed by atoms with Crippen molar-refractivity contribution in [2.24, 2.45) is 0 Å². The minimum absolute atomic E-state index is 0.263. The Bertz CT molecular complexity index is 906. The number of ether oxygens (including phenoxy) is 3. The van der Waals surface area contributed by atoms with Crippen molar-refractivity contribution in [3.05, 3.63) is 35.7 Å². The number of carbonyl (C=O) groups excluding carboxylic acids is 1. The van der Waals surface area contributed by atoms with Gasteiger partial charge in [-0.1, -0.05) is 12.1 Å². The maximum Gasteiger partial charge on any atom is 0.306 e. The van der Waals surface area contributed by atoms with Crippen LogP contribution in [0.25, 0.3) is 16.4 Å². The third kappa shape index (κ3) is 4.23. The molecule has 3 aromatic rings. The molecular weight excluding hydrogens is 400 g/mol. The number of hydrogen-bond donors (Lipinski definition) is 1. The summed E-state index contributed by atoms with van der Waals surface area (Å²) in [6, 6.07) is 9.49. The average molecular weight is 421 g/mol. The minimum atomic E-state index is -0.263. The van der Waals surface area contributed by atoms with Crippen molar-refractivity contribution >= 4 is 35.2 Å². The molecule has 0 unspecified atom stereocenters. The van der Waals surface area contributed by atoms with Gasteiger partial charge in [-0.25, -0.2) is 0 Å². The van der Waals surface area contributed by atoms with Crippen LogP contribution in [0.4, 0.5) is 5.95 Å². The van der Waals surface area contributed by atoms with E-state index in [1.54, 1.807) is 25.6 Å². The Morgan fingerprint density at radius 2 is 1.89 bits per heavy atom. The third-order valence-electron chi connectivity index (χ3n) is 3.83. The van der Waals surface area contributed by atoms with Gasteiger partial charge in [0.2, 0.25) is 5.95 Å². The Labute approximate surface area is 171 Å². The first-order valence-electron chi connectivity index (χ1n) is 8.34. The first kappa shape index (κ1) is 20.0. The van der Waals surface area contributed by atoms with Crippen molar-refractivity contribution in [1.82, 2.24) is 14.8 Å². The van der Waals surface area contributed by atoms with Crippen LogP contribution in [0.2, 0.25) is 0 Å². The van der Waals surface area contributed by atoms with Gasteiger partial charge in [0.05, 0.1) is 32.6 Å². The van der Waals surface area contributed by atoms with Crippen LogP contribution in [-0.2, 0) is 9.53 Å². The van der Waals surface area contributed by atoms with Crippen LogP contribution in [0.15, 0.2) is 35.7 Å². The summed E-state index contributed by atoms with van der Waals surface area (Å²) >= 11 is 2.90. The van der Waals surface area contributed by atoms with Crippen molar-refractivity contribution in [2.45, 2.75) is 6.42 Å². The number of nitrogens with zero attached hydrogens (tertiary/aromatic N) is 3. The number of aromatic nitrogens is 3. The third-order valence-corrected chi connectivity index (χ3v) is 5.43. The summed E-state index contributed by atoms with van der Waals surface area (Å²) < 4.78 is 20.8. The maximum atomic E-state index is 11.3. The molecular formula is C18H20N4O4S2. The maximum absolute atomic E-state index is 11.3. The lowest BCUT2D eigenvalue weighted by Crippen LogP contribution is -2.07. The second-order valence-electron chi connectivity index (χ2n) is 5.45. The van der Waals surface area contributed by atoms with Crippen LogP contribution in [0.1, 0.15) is 6.42 Å². The van der Waals surface area contributed by atoms with Crippen molar-refractivity contribution in [3.8, 4) is 27.9 Å². The molecule has 0 spiro atoms. The number of para-hydroxylation sites is 1. The predicted octanol–water partition coefficient (Wildman–Crippen LogP) is 3.64. The quantitative estimate of drug-likeness (QED) is 0.319. The molecule has 2 aromatic heterocycles. The number of carbonyl (C=O) groups is 1. The molecule has 2 heterocycles. The zero-order chi connectivity index (χ0) is 19.9. The molecule has 0 saturated carbocycles. The van der Waals surface area contributed by atoms with Crippen LogP contribution in [0.5, 0.6) is 11.5 Å². The Kier molecular flexibility index (Phi) is 6.77. The lowest BCUT2D eigenvalue weighted by Gasteiger charge is -2.17. The fraction of sp³-hybridized carbons (Fsp3) is 0.278. The van der Waals surface area contributed by atoms with Gasteiger partial charge in [0.1, 0.15) is 17.2 Å². The molecule has 0 aliphatic rings. The van der Waals surface area contributed by atoms with E-state index >= 15 is 0 Å². The van der Waals surface area contributed by atoms with Crippen molar-refractivity contribution in [3.63, 3.8) is 0 Å². The van der Waals surface area contributed by atoms with E-state index in [0.29, 0.717) is 34.7 Å². The van der Waals surface area contributed by atoms with E-state index < -0.39 is 0 Å². The number of anilines is 1. The van der Waals surface area contributed by atoms with Gasteiger partial charge in [-0.2, -0.15) is 0 Å². The van der Waals surface area contributed by atoms with Gasteiger partial charge in [-0.05, 0) is 35.5 Å². The largest absolute Gasteiger partial charge is 0.494 e. The molecule has 0 aliphatic carbocycles. The summed E-state index contributed by atoms with van der Waals surface area (Å²) in [6.07, 6.45) is 0.290. The molecule has 0 atom stereocenters. The van der Waals surface area contributed by atoms with Gasteiger partial charge in [-0.3, -0.25) is 14.1 Å². The van der Waals surface area contributed by atoms with Gasteiger partial charge in [0, 0.05) is 5.75 Å². The first-order valence-corrected chi connectivity index (χ1v) is 10.2. The van der Waals surface area contributed by atoms with E-state index in [4.69, 9.17) is 9.47 Å². The van der Waals surface area contributed by atoms with Crippen molar-refractivity contribution < 1.29 is 19.0 Å². The van der Waals surface area contributed by atoms with Crippen molar-refractivity contribution in [2.75, 3.05) is 31.8 Å². The zero-order valence-corrected chi connectivity index (χ0v) is 17.3. The molecule has 8 nitrogen and oxygen atoms in total. The van der Waals surface area contributed by atoms with E-state index in [-0.39, 0.29) is 12.4 Å². The standard InChI is InChI=1S/C18H20N4O4S2/c1-24-12-6-4-7-13(25-2)16(12)22-17(14-8-5-10-27-14)19-20-18(22)21-28-11-9-15(23)26-3/h4-8,10H,9,11H2,1-3H3,(H,20,21). The molecule has 0 bridgehead atoms. The number of thiophene rings is 1. The second-order valence-corrected chi connectivity index (χ2v) is 7.30. The lowest BCUT2D eigenvalue weighted by molar-refractivity contribution is -0.140. The molecule has 1 N–H and O–H groups in total. The summed E-state index contributed by atoms with van der Waals surface area (Å²) in [4.78, 5) is 12.3. The molecule has 28 heavy (non-hydrogen) atoms. The highest BCUT2D eigenvalue weighted by Crippen LogP contribution is 2.38. The summed E-state index contributed by atoms with van der Waals surface area (Å²) in [5.74, 6) is 2.67. The number of nitrogens with one attached hydrogen (secondary N) is 1. The molecule has 0 aliphatic heterocycles. The summed E-state index contributed by atoms with van der Waals surface area (Å²) in [5, 5.41) is 10.6. The van der Waals surface area contributed by atoms with Crippen molar-refractivity contribution in [1.29, 1.82) is 0 Å². The SMILES string of the molecule is COC(=O)CCSNc1nnc(-c2cccs2)n1-c1c(OC)cccc1OC. The Hall–Kier alpha value is -2.72. The fourth-order valence-electron chi connectivity index (χ4n) is 2.53. The van der Waals surface area contributed by atoms with Gasteiger partial charge in [0.15, 0.2) is 5.82 Å². The van der Waals surface area contributed by atoms with Gasteiger partial charge < -0.3 is 14.2 Å². The molecule has 1 aromatic carbocycles. The van der Waals surface area contributed by atoms with Gasteiger partial charge in [0.25, 0.3) is 0 Å². The van der Waals surface area contributed by atoms with Crippen LogP contribution in [0, 0.1) is 0 Å². The molecule has 10 heteroatoms. The number of esters is 1. The van der Waals surface area contributed by atoms with E-state index in [0.717, 1.165) is 4.88 Å². The number of rotatable bonds is 9. The zero-order valence-electron chi connectivity index (χ0n) is 15.7. The highest BCUT2D eigenvalue weighted by molar-refractivity contribution is 8.00. The van der Waals surface area contributed by atoms with Crippen LogP contribution < -0.4 is 14.2 Å². The molecule has 0 saturated heterocycles. The highest BCUT2D eigenvalue weighted by Gasteiger charge is 2.22. The van der Waals surface area contributed by atoms with Gasteiger partial charge in [-0.15, -0.1) is 21.5 Å². The average Bonchev–Trinajstić information content (AvgIpc) is 3.39. The first-order chi connectivity index (χ1) is 13.7. The predicted molar refractivity (Wildman–Crippen MR) is 110 cm³/mol. The molecule has 0 radical (unpaired) electrons. The molecule has 148 valence electrons. The topological polar surface area (TPSA) is 87.5 Å². The number of methoxy groups -OCH3 is 3. The summed E-state index contributed by atoms with van der Waals surface area (Å²) in [7, 11) is 4.58. The molecule has 0 amide bonds. The second kappa shape index (κ2) is 9.47. The highest BCUT2D eigenvalue weighted by atomic mass is 32.2. The van der Waals surface area contributed by atoms with Crippen LogP contribution >= 0.6 is 23.3 Å². The van der Waals surface area contributed by atoms with Crippen LogP contribution in [0.3, 0.4) is 0 Å². The number of hydrogen-bond acceptors (Lipinski definition) is 9. The Balaban J connectivity index is 2.01. The lowest BCUT2D eigenvalue weighted by atomic mass is 10.2. The minimum Gasteiger partial charge on any atom is -0.494 e. The number of benzene rings is 1. The normalized spacial score (nSPS) is 10.5.